The quantitative estimate of drug-likeness (QED) is 0.0231. The second-order valence-corrected chi connectivity index (χ2v) is 27.2. The highest BCUT2D eigenvalue weighted by molar-refractivity contribution is 14.2. The van der Waals surface area contributed by atoms with Crippen LogP contribution < -0.4 is 8.01 Å². The second-order valence-electron chi connectivity index (χ2n) is 18.6. The fourth-order valence-electron chi connectivity index (χ4n) is 8.25. The van der Waals surface area contributed by atoms with Gasteiger partial charge in [-0.05, 0) is 140 Å². The normalized spacial score (nSPS) is 20.5. The van der Waals surface area contributed by atoms with Gasteiger partial charge in [0.1, 0.15) is 0 Å². The fraction of sp³-hybridized carbons (Fsp3) is 0.545. The summed E-state index contributed by atoms with van der Waals surface area (Å²) in [6, 6.07) is 8.57. The Labute approximate surface area is 400 Å². The SMILES string of the molecule is CC(C)(C)OCCC(C)(C)N1I=C(/C=C/C=C/C=C2/N(CCCCCC(=O)O)c3ccc(S(=O)(=O)O)cc3C2(C)CCCS(=O)(=O)O)C(C)(CCCS(=O)(=O)O)c2cc(S(=O)(=O)O)ccc21. The van der Waals surface area contributed by atoms with Gasteiger partial charge in [-0.2, -0.15) is 33.7 Å². The zero-order chi connectivity index (χ0) is 49.7. The lowest BCUT2D eigenvalue weighted by atomic mass is 9.74. The van der Waals surface area contributed by atoms with Crippen LogP contribution in [0.4, 0.5) is 11.4 Å². The number of halogens is 1. The van der Waals surface area contributed by atoms with Crippen molar-refractivity contribution in [2.75, 3.05) is 32.7 Å². The van der Waals surface area contributed by atoms with Gasteiger partial charge >= 0.3 is 5.97 Å². The van der Waals surface area contributed by atoms with Crippen molar-refractivity contribution in [3.63, 3.8) is 0 Å². The summed E-state index contributed by atoms with van der Waals surface area (Å²) in [6.45, 7) is 14.5. The first-order valence-electron chi connectivity index (χ1n) is 21.3. The maximum absolute atomic E-state index is 12.5. The molecule has 2 unspecified atom stereocenters. The molecule has 0 spiro atoms. The van der Waals surface area contributed by atoms with E-state index in [1.54, 1.807) is 36.4 Å². The average Bonchev–Trinajstić information content (AvgIpc) is 3.38. The molecule has 2 atom stereocenters. The summed E-state index contributed by atoms with van der Waals surface area (Å²) in [7, 11) is -18.0. The molecule has 0 saturated carbocycles. The van der Waals surface area contributed by atoms with Crippen LogP contribution in [0.15, 0.2) is 82.3 Å². The van der Waals surface area contributed by atoms with Gasteiger partial charge in [0, 0.05) is 71.8 Å². The molecular weight excluding hydrogens is 1050 g/mol. The third-order valence-corrected chi connectivity index (χ3v) is 19.4. The minimum Gasteiger partial charge on any atom is -0.481 e. The number of fused-ring (bicyclic) bond motifs is 2. The summed E-state index contributed by atoms with van der Waals surface area (Å²) in [5.74, 6) is -2.02. The van der Waals surface area contributed by atoms with Gasteiger partial charge in [-0.15, -0.1) is 0 Å². The molecule has 2 aromatic rings. The van der Waals surface area contributed by atoms with Crippen molar-refractivity contribution >= 4 is 82.3 Å². The largest absolute Gasteiger partial charge is 0.481 e. The van der Waals surface area contributed by atoms with E-state index in [1.807, 2.05) is 45.6 Å². The van der Waals surface area contributed by atoms with Crippen LogP contribution in [0.2, 0.25) is 0 Å². The Morgan fingerprint density at radius 2 is 1.24 bits per heavy atom. The molecule has 5 N–H and O–H groups in total. The van der Waals surface area contributed by atoms with Gasteiger partial charge in [0.2, 0.25) is 0 Å². The first kappa shape index (κ1) is 55.5. The van der Waals surface area contributed by atoms with E-state index in [1.165, 1.54) is 24.3 Å². The predicted molar refractivity (Wildman–Crippen MR) is 264 cm³/mol. The van der Waals surface area contributed by atoms with Crippen LogP contribution in [-0.2, 0) is 60.8 Å². The van der Waals surface area contributed by atoms with E-state index >= 15 is 0 Å². The van der Waals surface area contributed by atoms with Crippen LogP contribution in [-0.4, -0.2) is 102 Å². The maximum atomic E-state index is 12.5. The van der Waals surface area contributed by atoms with Gasteiger partial charge in [-0.3, -0.25) is 23.0 Å². The molecule has 0 saturated heterocycles. The highest BCUT2D eigenvalue weighted by Gasteiger charge is 2.44. The van der Waals surface area contributed by atoms with Crippen LogP contribution in [0.1, 0.15) is 117 Å². The molecule has 0 bridgehead atoms. The van der Waals surface area contributed by atoms with Crippen molar-refractivity contribution in [1.82, 2.24) is 0 Å². The highest BCUT2D eigenvalue weighted by atomic mass is 127. The standard InChI is InChI=1S/C44H63IN2O15S4/c1-41(2,3)62-27-25-42(4,5)47-37-22-20-33(66(59,60)61)31-35(37)43(6,23-14-28-63(50,51)52)38(45-47)16-10-8-11-17-39-44(7,24-15-29-64(53,54)55)34-30-32(65(56,57)58)19-21-36(34)46(39)26-13-9-12-18-40(48)49/h8,10-11,16-17,19-22,30-31H,9,12-15,18,23-29H2,1-7H3,(H,48,49)(H,50,51,52)(H,53,54,55)(H,56,57,58)(H,59,60,61)/b11-8+,16-10+,39-17+. The number of hydrogen-bond acceptors (Lipinski definition) is 12. The number of benzene rings is 2. The molecule has 0 aromatic heterocycles. The first-order chi connectivity index (χ1) is 30.2. The van der Waals surface area contributed by atoms with E-state index in [0.29, 0.717) is 61.3 Å². The second kappa shape index (κ2) is 21.3. The van der Waals surface area contributed by atoms with Crippen LogP contribution >= 0.6 is 21.0 Å². The summed E-state index contributed by atoms with van der Waals surface area (Å²) in [5, 5.41) is 9.17. The molecule has 2 aliphatic heterocycles. The first-order valence-corrected chi connectivity index (χ1v) is 29.5. The van der Waals surface area contributed by atoms with Crippen molar-refractivity contribution < 1.29 is 66.5 Å². The highest BCUT2D eigenvalue weighted by Crippen LogP contribution is 2.52. The number of nitrogens with zero attached hydrogens (tertiary/aromatic N) is 2. The van der Waals surface area contributed by atoms with Crippen molar-refractivity contribution in [3.8, 4) is 0 Å². The van der Waals surface area contributed by atoms with E-state index in [2.05, 4.69) is 17.0 Å². The zero-order valence-corrected chi connectivity index (χ0v) is 43.7. The Hall–Kier alpha value is -3.07. The molecule has 0 fully saturated rings. The topological polar surface area (TPSA) is 270 Å². The Morgan fingerprint density at radius 3 is 1.76 bits per heavy atom. The number of anilines is 2. The van der Waals surface area contributed by atoms with Gasteiger partial charge in [-0.1, -0.05) is 37.6 Å². The zero-order valence-electron chi connectivity index (χ0n) is 38.3. The number of hydrogen-bond donors (Lipinski definition) is 5. The molecule has 0 radical (unpaired) electrons. The lowest BCUT2D eigenvalue weighted by Gasteiger charge is -2.46. The van der Waals surface area contributed by atoms with Gasteiger partial charge in [0.15, 0.2) is 0 Å². The molecule has 2 aromatic carbocycles. The third-order valence-electron chi connectivity index (χ3n) is 11.7. The maximum Gasteiger partial charge on any atom is 0.303 e. The molecule has 2 aliphatic rings. The summed E-state index contributed by atoms with van der Waals surface area (Å²) in [5.41, 5.74) is 0.0678. The summed E-state index contributed by atoms with van der Waals surface area (Å²) in [4.78, 5) is 12.4. The average molecular weight is 1120 g/mol. The molecule has 22 heteroatoms. The van der Waals surface area contributed by atoms with Crippen molar-refractivity contribution in [1.29, 1.82) is 0 Å². The Morgan fingerprint density at radius 1 is 0.712 bits per heavy atom. The van der Waals surface area contributed by atoms with Crippen LogP contribution in [0.3, 0.4) is 0 Å². The van der Waals surface area contributed by atoms with Gasteiger partial charge < -0.3 is 17.9 Å². The van der Waals surface area contributed by atoms with Crippen molar-refractivity contribution in [3.05, 3.63) is 83.6 Å². The van der Waals surface area contributed by atoms with E-state index in [0.717, 1.165) is 9.20 Å². The van der Waals surface area contributed by atoms with Crippen LogP contribution in [0, 0.1) is 0 Å². The molecule has 4 rings (SSSR count). The number of carbonyl (C=O) groups is 1. The number of allylic oxidation sites excluding steroid dienone is 6. The number of unbranched alkanes of at least 4 members (excludes halogenated alkanes) is 2. The van der Waals surface area contributed by atoms with Crippen LogP contribution in [0.25, 0.3) is 0 Å². The van der Waals surface area contributed by atoms with Gasteiger partial charge in [-0.25, -0.2) is 0 Å². The Bertz CT molecular complexity index is 2710. The van der Waals surface area contributed by atoms with Crippen molar-refractivity contribution in [2.45, 2.75) is 138 Å². The summed E-state index contributed by atoms with van der Waals surface area (Å²) >= 11 is -1.10. The Balaban J connectivity index is 1.87. The van der Waals surface area contributed by atoms with E-state index in [9.17, 15) is 61.8 Å². The minimum absolute atomic E-state index is 0.00756. The van der Waals surface area contributed by atoms with E-state index < -0.39 is 101 Å². The van der Waals surface area contributed by atoms with Crippen molar-refractivity contribution in [2.24, 2.45) is 0 Å². The number of rotatable bonds is 23. The molecule has 17 nitrogen and oxygen atoms in total. The van der Waals surface area contributed by atoms with Gasteiger partial charge in [0.25, 0.3) is 40.5 Å². The lowest BCUT2D eigenvalue weighted by Crippen LogP contribution is -2.45. The van der Waals surface area contributed by atoms with E-state index in [4.69, 9.17) is 4.74 Å². The number of carboxylic acid groups (broad SMARTS) is 1. The third kappa shape index (κ3) is 15.0. The van der Waals surface area contributed by atoms with Crippen LogP contribution in [0.5, 0.6) is 0 Å². The predicted octanol–water partition coefficient (Wildman–Crippen LogP) is 8.05. The molecular formula is C44H63IN2O15S4. The monoisotopic (exact) mass is 1110 g/mol. The fourth-order valence-corrected chi connectivity index (χ4v) is 13.8. The molecule has 0 amide bonds. The minimum atomic E-state index is -4.66. The molecule has 66 heavy (non-hydrogen) atoms. The number of aliphatic carboxylic acids is 1. The Kier molecular flexibility index (Phi) is 17.9. The smallest absolute Gasteiger partial charge is 0.303 e. The van der Waals surface area contributed by atoms with E-state index in [-0.39, 0.29) is 41.9 Å². The number of ether oxygens (including phenoxy) is 1. The molecule has 0 aliphatic carbocycles. The lowest BCUT2D eigenvalue weighted by molar-refractivity contribution is -0.137. The summed E-state index contributed by atoms with van der Waals surface area (Å²) in [6.07, 6.45) is 11.4. The summed E-state index contributed by atoms with van der Waals surface area (Å²) < 4.78 is 146. The molecule has 370 valence electrons. The number of carboxylic acids is 1. The van der Waals surface area contributed by atoms with Gasteiger partial charge in [0.05, 0.1) is 32.6 Å². The molecule has 2 heterocycles.